The fourth-order valence-electron chi connectivity index (χ4n) is 2.57. The second-order valence-electron chi connectivity index (χ2n) is 7.41. The molecule has 124 valence electrons. The monoisotopic (exact) mass is 299 g/mol. The molecule has 2 atom stereocenters. The van der Waals surface area contributed by atoms with E-state index in [1.165, 1.54) is 12.8 Å². The molecule has 1 rings (SSSR count). The van der Waals surface area contributed by atoms with Gasteiger partial charge in [-0.2, -0.15) is 0 Å². The van der Waals surface area contributed by atoms with Gasteiger partial charge in [-0.15, -0.1) is 0 Å². The second kappa shape index (κ2) is 8.59. The van der Waals surface area contributed by atoms with E-state index in [0.717, 1.165) is 19.5 Å². The molecule has 1 aliphatic heterocycles. The fraction of sp³-hybridized carbons (Fsp3) is 0.938. The van der Waals surface area contributed by atoms with Gasteiger partial charge in [-0.25, -0.2) is 4.79 Å². The van der Waals surface area contributed by atoms with Crippen molar-refractivity contribution in [1.82, 2.24) is 16.0 Å². The third-order valence-electron chi connectivity index (χ3n) is 3.46. The van der Waals surface area contributed by atoms with Crippen molar-refractivity contribution in [3.05, 3.63) is 0 Å². The van der Waals surface area contributed by atoms with Gasteiger partial charge in [-0.3, -0.25) is 0 Å². The number of alkyl carbamates (subject to hydrolysis) is 1. The maximum atomic E-state index is 11.7. The molecule has 0 aromatic rings. The van der Waals surface area contributed by atoms with E-state index in [4.69, 9.17) is 4.74 Å². The molecular weight excluding hydrogens is 266 g/mol. The number of rotatable bonds is 7. The molecule has 3 N–H and O–H groups in total. The molecule has 2 unspecified atom stereocenters. The van der Waals surface area contributed by atoms with Gasteiger partial charge in [0.05, 0.1) is 0 Å². The molecule has 1 fully saturated rings. The van der Waals surface area contributed by atoms with Crippen molar-refractivity contribution < 1.29 is 9.53 Å². The van der Waals surface area contributed by atoms with Gasteiger partial charge in [0.25, 0.3) is 0 Å². The molecule has 0 saturated carbocycles. The van der Waals surface area contributed by atoms with Crippen molar-refractivity contribution in [3.63, 3.8) is 0 Å². The van der Waals surface area contributed by atoms with E-state index in [-0.39, 0.29) is 6.09 Å². The molecule has 1 heterocycles. The maximum absolute atomic E-state index is 11.7. The zero-order chi connectivity index (χ0) is 15.9. The van der Waals surface area contributed by atoms with Crippen LogP contribution in [0.1, 0.15) is 53.9 Å². The molecular formula is C16H33N3O2. The number of amides is 1. The van der Waals surface area contributed by atoms with Crippen LogP contribution >= 0.6 is 0 Å². The minimum atomic E-state index is -0.446. The lowest BCUT2D eigenvalue weighted by atomic mass is 10.0. The molecule has 0 aromatic heterocycles. The molecule has 0 radical (unpaired) electrons. The number of nitrogens with one attached hydrogen (secondary N) is 3. The zero-order valence-electron chi connectivity index (χ0n) is 14.3. The SMILES string of the molecule is CC(C)CC(CNC(=O)OC(C)(C)C)NCC1CCCN1. The number of hydrogen-bond acceptors (Lipinski definition) is 4. The average molecular weight is 299 g/mol. The van der Waals surface area contributed by atoms with Crippen molar-refractivity contribution in [1.29, 1.82) is 0 Å². The van der Waals surface area contributed by atoms with Gasteiger partial charge in [0.2, 0.25) is 0 Å². The van der Waals surface area contributed by atoms with Crippen LogP contribution in [-0.2, 0) is 4.74 Å². The Morgan fingerprint density at radius 1 is 1.38 bits per heavy atom. The first-order chi connectivity index (χ1) is 9.76. The molecule has 1 amide bonds. The largest absolute Gasteiger partial charge is 0.444 e. The van der Waals surface area contributed by atoms with Crippen LogP contribution in [0.15, 0.2) is 0 Å². The summed E-state index contributed by atoms with van der Waals surface area (Å²) in [6.45, 7) is 12.7. The van der Waals surface area contributed by atoms with E-state index >= 15 is 0 Å². The van der Waals surface area contributed by atoms with Gasteiger partial charge < -0.3 is 20.7 Å². The molecule has 0 aromatic carbocycles. The Bertz CT molecular complexity index is 307. The van der Waals surface area contributed by atoms with E-state index in [0.29, 0.717) is 24.5 Å². The van der Waals surface area contributed by atoms with Crippen LogP contribution in [0.2, 0.25) is 0 Å². The molecule has 5 nitrogen and oxygen atoms in total. The highest BCUT2D eigenvalue weighted by Gasteiger charge is 2.19. The van der Waals surface area contributed by atoms with E-state index in [1.807, 2.05) is 20.8 Å². The predicted octanol–water partition coefficient (Wildman–Crippen LogP) is 2.27. The molecule has 0 bridgehead atoms. The lowest BCUT2D eigenvalue weighted by Crippen LogP contribution is -2.46. The first-order valence-electron chi connectivity index (χ1n) is 8.20. The fourth-order valence-corrected chi connectivity index (χ4v) is 2.57. The summed E-state index contributed by atoms with van der Waals surface area (Å²) in [6, 6.07) is 0.862. The van der Waals surface area contributed by atoms with E-state index in [2.05, 4.69) is 29.8 Å². The third-order valence-corrected chi connectivity index (χ3v) is 3.46. The highest BCUT2D eigenvalue weighted by Crippen LogP contribution is 2.09. The van der Waals surface area contributed by atoms with Crippen LogP contribution in [0, 0.1) is 5.92 Å². The summed E-state index contributed by atoms with van der Waals surface area (Å²) < 4.78 is 5.28. The van der Waals surface area contributed by atoms with Crippen molar-refractivity contribution in [2.75, 3.05) is 19.6 Å². The Balaban J connectivity index is 2.32. The first kappa shape index (κ1) is 18.2. The summed E-state index contributed by atoms with van der Waals surface area (Å²) in [5.74, 6) is 0.597. The Morgan fingerprint density at radius 2 is 2.10 bits per heavy atom. The number of hydrogen-bond donors (Lipinski definition) is 3. The molecule has 1 aliphatic rings. The molecule has 0 spiro atoms. The summed E-state index contributed by atoms with van der Waals surface area (Å²) in [6.07, 6.45) is 3.21. The van der Waals surface area contributed by atoms with Gasteiger partial charge in [-0.05, 0) is 52.5 Å². The molecule has 0 aliphatic carbocycles. The summed E-state index contributed by atoms with van der Waals surface area (Å²) >= 11 is 0. The summed E-state index contributed by atoms with van der Waals surface area (Å²) in [5, 5.41) is 9.94. The minimum absolute atomic E-state index is 0.292. The Morgan fingerprint density at radius 3 is 2.62 bits per heavy atom. The van der Waals surface area contributed by atoms with Gasteiger partial charge in [0.1, 0.15) is 5.60 Å². The normalized spacial score (nSPS) is 20.6. The third kappa shape index (κ3) is 8.94. The Kier molecular flexibility index (Phi) is 7.46. The van der Waals surface area contributed by atoms with Gasteiger partial charge in [-0.1, -0.05) is 13.8 Å². The molecule has 1 saturated heterocycles. The van der Waals surface area contributed by atoms with Crippen molar-refractivity contribution in [3.8, 4) is 0 Å². The van der Waals surface area contributed by atoms with Crippen LogP contribution in [0.5, 0.6) is 0 Å². The first-order valence-corrected chi connectivity index (χ1v) is 8.20. The molecule has 5 heteroatoms. The Hall–Kier alpha value is -0.810. The maximum Gasteiger partial charge on any atom is 0.407 e. The number of ether oxygens (including phenoxy) is 1. The predicted molar refractivity (Wildman–Crippen MR) is 86.5 cm³/mol. The van der Waals surface area contributed by atoms with Crippen LogP contribution in [-0.4, -0.2) is 43.4 Å². The smallest absolute Gasteiger partial charge is 0.407 e. The van der Waals surface area contributed by atoms with E-state index in [1.54, 1.807) is 0 Å². The van der Waals surface area contributed by atoms with Crippen LogP contribution in [0.25, 0.3) is 0 Å². The van der Waals surface area contributed by atoms with Crippen molar-refractivity contribution in [2.45, 2.75) is 71.6 Å². The van der Waals surface area contributed by atoms with Gasteiger partial charge >= 0.3 is 6.09 Å². The quantitative estimate of drug-likeness (QED) is 0.675. The van der Waals surface area contributed by atoms with Gasteiger partial charge in [0.15, 0.2) is 0 Å². The Labute approximate surface area is 129 Å². The second-order valence-corrected chi connectivity index (χ2v) is 7.41. The highest BCUT2D eigenvalue weighted by molar-refractivity contribution is 5.67. The summed E-state index contributed by atoms with van der Waals surface area (Å²) in [7, 11) is 0. The van der Waals surface area contributed by atoms with Crippen molar-refractivity contribution >= 4 is 6.09 Å². The number of carbonyl (C=O) groups excluding carboxylic acids is 1. The molecule has 21 heavy (non-hydrogen) atoms. The summed E-state index contributed by atoms with van der Waals surface area (Å²) in [5.41, 5.74) is -0.446. The van der Waals surface area contributed by atoms with Gasteiger partial charge in [0, 0.05) is 25.2 Å². The van der Waals surface area contributed by atoms with Crippen LogP contribution in [0.4, 0.5) is 4.79 Å². The van der Waals surface area contributed by atoms with Crippen molar-refractivity contribution in [2.24, 2.45) is 5.92 Å². The lowest BCUT2D eigenvalue weighted by molar-refractivity contribution is 0.0521. The zero-order valence-corrected chi connectivity index (χ0v) is 14.3. The average Bonchev–Trinajstić information content (AvgIpc) is 2.83. The standard InChI is InChI=1S/C16H33N3O2/c1-12(2)9-14(18-10-13-7-6-8-17-13)11-19-15(20)21-16(3,4)5/h12-14,17-18H,6-11H2,1-5H3,(H,19,20). The minimum Gasteiger partial charge on any atom is -0.444 e. The van der Waals surface area contributed by atoms with E-state index < -0.39 is 5.60 Å². The summed E-state index contributed by atoms with van der Waals surface area (Å²) in [4.78, 5) is 11.7. The van der Waals surface area contributed by atoms with Crippen LogP contribution in [0.3, 0.4) is 0 Å². The highest BCUT2D eigenvalue weighted by atomic mass is 16.6. The van der Waals surface area contributed by atoms with E-state index in [9.17, 15) is 4.79 Å². The van der Waals surface area contributed by atoms with Crippen LogP contribution < -0.4 is 16.0 Å². The number of carbonyl (C=O) groups is 1. The topological polar surface area (TPSA) is 62.4 Å². The lowest BCUT2D eigenvalue weighted by Gasteiger charge is -2.25.